The fourth-order valence-electron chi connectivity index (χ4n) is 2.94. The van der Waals surface area contributed by atoms with Crippen LogP contribution < -0.4 is 14.8 Å². The molecule has 0 amide bonds. The third kappa shape index (κ3) is 6.06. The maximum atomic E-state index is 11.3. The van der Waals surface area contributed by atoms with Crippen molar-refractivity contribution in [1.82, 2.24) is 0 Å². The van der Waals surface area contributed by atoms with E-state index in [1.807, 2.05) is 44.2 Å². The van der Waals surface area contributed by atoms with Gasteiger partial charge in [0.05, 0.1) is 17.2 Å². The number of carbonyl (C=O) groups is 1. The van der Waals surface area contributed by atoms with Gasteiger partial charge < -0.3 is 19.9 Å². The highest BCUT2D eigenvalue weighted by atomic mass is 35.5. The van der Waals surface area contributed by atoms with Crippen LogP contribution in [0.4, 0.5) is 5.69 Å². The number of benzene rings is 3. The molecular weight excluding hydrogens is 437 g/mol. The van der Waals surface area contributed by atoms with Crippen molar-refractivity contribution in [2.75, 3.05) is 11.9 Å². The first-order chi connectivity index (χ1) is 14.9. The molecule has 0 spiro atoms. The van der Waals surface area contributed by atoms with Crippen molar-refractivity contribution in [2.45, 2.75) is 27.0 Å². The first-order valence-electron chi connectivity index (χ1n) is 9.77. The minimum atomic E-state index is -1.08. The smallest absolute Gasteiger partial charge is 0.337 e. The Labute approximate surface area is 191 Å². The number of carboxylic acids is 1. The van der Waals surface area contributed by atoms with E-state index in [1.54, 1.807) is 18.2 Å². The van der Waals surface area contributed by atoms with Gasteiger partial charge in [0, 0.05) is 23.3 Å². The number of ether oxygens (including phenoxy) is 2. The molecule has 0 aliphatic rings. The lowest BCUT2D eigenvalue weighted by atomic mass is 10.1. The zero-order valence-electron chi connectivity index (χ0n) is 17.2. The van der Waals surface area contributed by atoms with Gasteiger partial charge in [-0.25, -0.2) is 4.79 Å². The van der Waals surface area contributed by atoms with Crippen LogP contribution in [-0.2, 0) is 13.2 Å². The number of hydrogen-bond acceptors (Lipinski definition) is 4. The van der Waals surface area contributed by atoms with Gasteiger partial charge in [0.2, 0.25) is 0 Å². The molecule has 0 unspecified atom stereocenters. The lowest BCUT2D eigenvalue weighted by Crippen LogP contribution is -2.05. The highest BCUT2D eigenvalue weighted by molar-refractivity contribution is 6.33. The predicted molar refractivity (Wildman–Crippen MR) is 124 cm³/mol. The predicted octanol–water partition coefficient (Wildman–Crippen LogP) is 6.59. The summed E-state index contributed by atoms with van der Waals surface area (Å²) in [6.45, 7) is 5.19. The minimum absolute atomic E-state index is 0.0348. The summed E-state index contributed by atoms with van der Waals surface area (Å²) in [6.07, 6.45) is 0. The lowest BCUT2D eigenvalue weighted by Gasteiger charge is -2.16. The lowest BCUT2D eigenvalue weighted by molar-refractivity contribution is 0.0697. The van der Waals surface area contributed by atoms with Crippen molar-refractivity contribution in [3.63, 3.8) is 0 Å². The topological polar surface area (TPSA) is 67.8 Å². The maximum absolute atomic E-state index is 11.3. The quantitative estimate of drug-likeness (QED) is 0.377. The summed E-state index contributed by atoms with van der Waals surface area (Å²) in [7, 11) is 0. The molecule has 0 atom stereocenters. The molecule has 0 saturated heterocycles. The molecule has 0 bridgehead atoms. The fourth-order valence-corrected chi connectivity index (χ4v) is 3.35. The molecule has 0 radical (unpaired) electrons. The highest BCUT2D eigenvalue weighted by Gasteiger charge is 2.13. The molecule has 3 aromatic carbocycles. The normalized spacial score (nSPS) is 10.6. The van der Waals surface area contributed by atoms with Crippen LogP contribution in [0.3, 0.4) is 0 Å². The number of rotatable bonds is 9. The Morgan fingerprint density at radius 2 is 1.68 bits per heavy atom. The average molecular weight is 460 g/mol. The van der Waals surface area contributed by atoms with E-state index in [0.29, 0.717) is 42.0 Å². The van der Waals surface area contributed by atoms with Gasteiger partial charge in [-0.05, 0) is 49.2 Å². The van der Waals surface area contributed by atoms with Crippen molar-refractivity contribution in [3.8, 4) is 11.5 Å². The summed E-state index contributed by atoms with van der Waals surface area (Å²) in [5, 5.41) is 13.1. The van der Waals surface area contributed by atoms with Gasteiger partial charge in [-0.1, -0.05) is 53.0 Å². The van der Waals surface area contributed by atoms with Crippen LogP contribution in [0.25, 0.3) is 0 Å². The van der Waals surface area contributed by atoms with E-state index in [2.05, 4.69) is 5.32 Å². The van der Waals surface area contributed by atoms with E-state index in [0.717, 1.165) is 11.1 Å². The molecule has 0 saturated carbocycles. The molecule has 0 aliphatic carbocycles. The molecule has 2 N–H and O–H groups in total. The number of anilines is 1. The van der Waals surface area contributed by atoms with Gasteiger partial charge in [0.15, 0.2) is 11.5 Å². The monoisotopic (exact) mass is 459 g/mol. The third-order valence-corrected chi connectivity index (χ3v) is 5.29. The molecule has 7 heteroatoms. The molecule has 0 heterocycles. The number of hydrogen-bond donors (Lipinski definition) is 2. The van der Waals surface area contributed by atoms with Crippen LogP contribution in [0.1, 0.15) is 34.0 Å². The Balaban J connectivity index is 1.75. The summed E-state index contributed by atoms with van der Waals surface area (Å²) in [4.78, 5) is 11.3. The summed E-state index contributed by atoms with van der Waals surface area (Å²) >= 11 is 12.4. The molecule has 3 rings (SSSR count). The van der Waals surface area contributed by atoms with Crippen LogP contribution in [0.15, 0.2) is 54.6 Å². The number of carboxylic acid groups (broad SMARTS) is 1. The maximum Gasteiger partial charge on any atom is 0.337 e. The SMILES string of the molecule is CCOc1cc(CNc2ccc(Cl)c(C(=O)O)c2)c(Cl)cc1OCc1ccc(C)cc1. The van der Waals surface area contributed by atoms with Crippen LogP contribution in [0, 0.1) is 6.92 Å². The zero-order valence-corrected chi connectivity index (χ0v) is 18.8. The molecule has 5 nitrogen and oxygen atoms in total. The first-order valence-corrected chi connectivity index (χ1v) is 10.5. The van der Waals surface area contributed by atoms with E-state index in [9.17, 15) is 9.90 Å². The van der Waals surface area contributed by atoms with Gasteiger partial charge >= 0.3 is 5.97 Å². The molecule has 0 aliphatic heterocycles. The fraction of sp³-hybridized carbons (Fsp3) is 0.208. The van der Waals surface area contributed by atoms with Gasteiger partial charge in [-0.2, -0.15) is 0 Å². The Morgan fingerprint density at radius 1 is 0.968 bits per heavy atom. The van der Waals surface area contributed by atoms with E-state index in [-0.39, 0.29) is 10.6 Å². The van der Waals surface area contributed by atoms with Crippen LogP contribution in [0.2, 0.25) is 10.0 Å². The van der Waals surface area contributed by atoms with E-state index in [4.69, 9.17) is 32.7 Å². The molecule has 31 heavy (non-hydrogen) atoms. The van der Waals surface area contributed by atoms with E-state index in [1.165, 1.54) is 11.6 Å². The summed E-state index contributed by atoms with van der Waals surface area (Å²) in [5.41, 5.74) is 3.68. The third-order valence-electron chi connectivity index (χ3n) is 4.61. The van der Waals surface area contributed by atoms with Gasteiger partial charge in [-0.15, -0.1) is 0 Å². The standard InChI is InChI=1S/C24H23Cl2NO4/c1-3-30-22-10-17(13-27-18-8-9-20(25)19(11-18)24(28)29)21(26)12-23(22)31-14-16-6-4-15(2)5-7-16/h4-12,27H,3,13-14H2,1-2H3,(H,28,29). The molecular formula is C24H23Cl2NO4. The molecule has 0 aromatic heterocycles. The second-order valence-electron chi connectivity index (χ2n) is 6.95. The van der Waals surface area contributed by atoms with Crippen LogP contribution in [-0.4, -0.2) is 17.7 Å². The minimum Gasteiger partial charge on any atom is -0.490 e. The van der Waals surface area contributed by atoms with Crippen molar-refractivity contribution >= 4 is 34.9 Å². The second-order valence-corrected chi connectivity index (χ2v) is 7.77. The van der Waals surface area contributed by atoms with E-state index < -0.39 is 5.97 Å². The number of halogens is 2. The van der Waals surface area contributed by atoms with Crippen molar-refractivity contribution < 1.29 is 19.4 Å². The largest absolute Gasteiger partial charge is 0.490 e. The summed E-state index contributed by atoms with van der Waals surface area (Å²) in [6, 6.07) is 16.4. The molecule has 162 valence electrons. The highest BCUT2D eigenvalue weighted by Crippen LogP contribution is 2.35. The van der Waals surface area contributed by atoms with Crippen LogP contribution in [0.5, 0.6) is 11.5 Å². The van der Waals surface area contributed by atoms with Crippen molar-refractivity contribution in [3.05, 3.63) is 86.9 Å². The average Bonchev–Trinajstić information content (AvgIpc) is 2.74. The van der Waals surface area contributed by atoms with Gasteiger partial charge in [-0.3, -0.25) is 0 Å². The van der Waals surface area contributed by atoms with Crippen molar-refractivity contribution in [1.29, 1.82) is 0 Å². The number of aryl methyl sites for hydroxylation is 1. The first kappa shape index (κ1) is 22.8. The second kappa shape index (κ2) is 10.4. The molecule has 3 aromatic rings. The summed E-state index contributed by atoms with van der Waals surface area (Å²) in [5.74, 6) is 0.0781. The van der Waals surface area contributed by atoms with Crippen molar-refractivity contribution in [2.24, 2.45) is 0 Å². The van der Waals surface area contributed by atoms with Gasteiger partial charge in [0.1, 0.15) is 6.61 Å². The Bertz CT molecular complexity index is 1070. The summed E-state index contributed by atoms with van der Waals surface area (Å²) < 4.78 is 11.7. The Kier molecular flexibility index (Phi) is 7.66. The Morgan fingerprint density at radius 3 is 2.35 bits per heavy atom. The Hall–Kier alpha value is -2.89. The van der Waals surface area contributed by atoms with Gasteiger partial charge in [0.25, 0.3) is 0 Å². The number of nitrogens with one attached hydrogen (secondary N) is 1. The zero-order chi connectivity index (χ0) is 22.4. The number of aromatic carboxylic acids is 1. The van der Waals surface area contributed by atoms with Crippen LogP contribution >= 0.6 is 23.2 Å². The molecule has 0 fully saturated rings. The van der Waals surface area contributed by atoms with E-state index >= 15 is 0 Å².